The van der Waals surface area contributed by atoms with Gasteiger partial charge in [-0.25, -0.2) is 9.59 Å². The molecule has 0 aliphatic heterocycles. The Balaban J connectivity index is 2.55. The van der Waals surface area contributed by atoms with Gasteiger partial charge in [-0.3, -0.25) is 5.32 Å². The second-order valence-electron chi connectivity index (χ2n) is 3.59. The molecule has 19 heavy (non-hydrogen) atoms. The SMILES string of the molecule is COC(=O)/C(NC(=O)OCc1ccccc1)=C(\C)Br. The normalized spacial score (nSPS) is 11.3. The zero-order valence-corrected chi connectivity index (χ0v) is 12.2. The quantitative estimate of drug-likeness (QED) is 0.682. The molecular formula is C13H14BrNO4. The van der Waals surface area contributed by atoms with E-state index in [1.165, 1.54) is 7.11 Å². The van der Waals surface area contributed by atoms with E-state index in [0.717, 1.165) is 5.56 Å². The van der Waals surface area contributed by atoms with Crippen molar-refractivity contribution in [3.63, 3.8) is 0 Å². The number of carbonyl (C=O) groups excluding carboxylic acids is 2. The smallest absolute Gasteiger partial charge is 0.412 e. The van der Waals surface area contributed by atoms with Crippen molar-refractivity contribution in [2.75, 3.05) is 7.11 Å². The predicted molar refractivity (Wildman–Crippen MR) is 73.4 cm³/mol. The highest BCUT2D eigenvalue weighted by Crippen LogP contribution is 2.10. The highest BCUT2D eigenvalue weighted by Gasteiger charge is 2.16. The number of nitrogens with one attached hydrogen (secondary N) is 1. The molecule has 1 rings (SSSR count). The van der Waals surface area contributed by atoms with Gasteiger partial charge in [0, 0.05) is 4.48 Å². The Kier molecular flexibility index (Phi) is 6.08. The Morgan fingerprint density at radius 3 is 2.42 bits per heavy atom. The van der Waals surface area contributed by atoms with E-state index in [2.05, 4.69) is 26.0 Å². The molecule has 0 fully saturated rings. The van der Waals surface area contributed by atoms with Crippen LogP contribution in [0.4, 0.5) is 4.79 Å². The third-order valence-electron chi connectivity index (χ3n) is 2.17. The number of amides is 1. The molecule has 0 spiro atoms. The van der Waals surface area contributed by atoms with E-state index in [4.69, 9.17) is 4.74 Å². The van der Waals surface area contributed by atoms with Crippen LogP contribution in [0.15, 0.2) is 40.5 Å². The molecule has 0 aromatic heterocycles. The Hall–Kier alpha value is -1.82. The number of esters is 1. The molecule has 0 radical (unpaired) electrons. The van der Waals surface area contributed by atoms with Gasteiger partial charge in [0.05, 0.1) is 7.11 Å². The van der Waals surface area contributed by atoms with Crippen LogP contribution in [0.2, 0.25) is 0 Å². The van der Waals surface area contributed by atoms with E-state index in [9.17, 15) is 9.59 Å². The van der Waals surface area contributed by atoms with Crippen LogP contribution in [0.25, 0.3) is 0 Å². The Bertz CT molecular complexity index is 481. The monoisotopic (exact) mass is 327 g/mol. The standard InChI is InChI=1S/C13H14BrNO4/c1-9(14)11(12(16)18-2)15-13(17)19-8-10-6-4-3-5-7-10/h3-7H,8H2,1-2H3,(H,15,17)/b11-9-. The van der Waals surface area contributed by atoms with Gasteiger partial charge in [-0.15, -0.1) is 0 Å². The van der Waals surface area contributed by atoms with Crippen LogP contribution in [0.3, 0.4) is 0 Å². The molecule has 6 heteroatoms. The summed E-state index contributed by atoms with van der Waals surface area (Å²) in [6, 6.07) is 9.23. The molecule has 1 aromatic rings. The van der Waals surface area contributed by atoms with Gasteiger partial charge >= 0.3 is 12.1 Å². The van der Waals surface area contributed by atoms with Gasteiger partial charge in [-0.1, -0.05) is 46.3 Å². The van der Waals surface area contributed by atoms with Crippen molar-refractivity contribution in [2.45, 2.75) is 13.5 Å². The van der Waals surface area contributed by atoms with Crippen molar-refractivity contribution in [1.29, 1.82) is 0 Å². The van der Waals surface area contributed by atoms with E-state index in [1.54, 1.807) is 6.92 Å². The van der Waals surface area contributed by atoms with Crippen LogP contribution in [-0.2, 0) is 20.9 Å². The maximum Gasteiger partial charge on any atom is 0.412 e. The largest absolute Gasteiger partial charge is 0.464 e. The minimum Gasteiger partial charge on any atom is -0.464 e. The molecule has 5 nitrogen and oxygen atoms in total. The van der Waals surface area contributed by atoms with E-state index in [0.29, 0.717) is 4.48 Å². The van der Waals surface area contributed by atoms with Crippen LogP contribution < -0.4 is 5.32 Å². The molecule has 0 heterocycles. The number of alkyl carbamates (subject to hydrolysis) is 1. The Labute approximate surface area is 119 Å². The van der Waals surface area contributed by atoms with E-state index in [-0.39, 0.29) is 12.3 Å². The predicted octanol–water partition coefficient (Wildman–Crippen LogP) is 2.71. The number of hydrogen-bond acceptors (Lipinski definition) is 4. The number of allylic oxidation sites excluding steroid dienone is 1. The van der Waals surface area contributed by atoms with E-state index < -0.39 is 12.1 Å². The first kappa shape index (κ1) is 15.2. The summed E-state index contributed by atoms with van der Waals surface area (Å²) in [5.41, 5.74) is 0.873. The lowest BCUT2D eigenvalue weighted by Crippen LogP contribution is -2.29. The van der Waals surface area contributed by atoms with Crippen molar-refractivity contribution in [3.05, 3.63) is 46.1 Å². The van der Waals surface area contributed by atoms with Crippen molar-refractivity contribution in [3.8, 4) is 0 Å². The molecule has 0 saturated carbocycles. The number of ether oxygens (including phenoxy) is 2. The highest BCUT2D eigenvalue weighted by molar-refractivity contribution is 9.11. The summed E-state index contributed by atoms with van der Waals surface area (Å²) >= 11 is 3.12. The van der Waals surface area contributed by atoms with Gasteiger partial charge in [-0.05, 0) is 12.5 Å². The lowest BCUT2D eigenvalue weighted by Gasteiger charge is -2.09. The van der Waals surface area contributed by atoms with Gasteiger partial charge in [-0.2, -0.15) is 0 Å². The number of benzene rings is 1. The maximum absolute atomic E-state index is 11.6. The first-order chi connectivity index (χ1) is 9.04. The van der Waals surface area contributed by atoms with Crippen molar-refractivity contribution in [1.82, 2.24) is 5.32 Å². The average molecular weight is 328 g/mol. The zero-order valence-electron chi connectivity index (χ0n) is 10.6. The lowest BCUT2D eigenvalue weighted by molar-refractivity contribution is -0.136. The number of carbonyl (C=O) groups is 2. The van der Waals surface area contributed by atoms with Crippen LogP contribution in [0.1, 0.15) is 12.5 Å². The molecule has 1 N–H and O–H groups in total. The lowest BCUT2D eigenvalue weighted by atomic mass is 10.2. The van der Waals surface area contributed by atoms with Gasteiger partial charge in [0.1, 0.15) is 12.3 Å². The summed E-state index contributed by atoms with van der Waals surface area (Å²) in [5, 5.41) is 2.33. The minimum atomic E-state index is -0.719. The fourth-order valence-electron chi connectivity index (χ4n) is 1.24. The van der Waals surface area contributed by atoms with Crippen LogP contribution >= 0.6 is 15.9 Å². The fourth-order valence-corrected chi connectivity index (χ4v) is 1.50. The van der Waals surface area contributed by atoms with Crippen LogP contribution in [0, 0.1) is 0 Å². The second kappa shape index (κ2) is 7.58. The Morgan fingerprint density at radius 1 is 1.26 bits per heavy atom. The van der Waals surface area contributed by atoms with Crippen molar-refractivity contribution >= 4 is 28.0 Å². The minimum absolute atomic E-state index is 0.0144. The van der Waals surface area contributed by atoms with E-state index in [1.807, 2.05) is 30.3 Å². The third-order valence-corrected chi connectivity index (χ3v) is 2.57. The molecule has 102 valence electrons. The van der Waals surface area contributed by atoms with E-state index >= 15 is 0 Å². The summed E-state index contributed by atoms with van der Waals surface area (Å²) in [6.45, 7) is 1.74. The van der Waals surface area contributed by atoms with Crippen LogP contribution in [-0.4, -0.2) is 19.2 Å². The second-order valence-corrected chi connectivity index (χ2v) is 4.78. The van der Waals surface area contributed by atoms with Gasteiger partial charge < -0.3 is 9.47 Å². The summed E-state index contributed by atoms with van der Waals surface area (Å²) < 4.78 is 9.99. The fraction of sp³-hybridized carbons (Fsp3) is 0.231. The van der Waals surface area contributed by atoms with Gasteiger partial charge in [0.15, 0.2) is 0 Å². The molecule has 1 amide bonds. The van der Waals surface area contributed by atoms with Gasteiger partial charge in [0.25, 0.3) is 0 Å². The molecular weight excluding hydrogens is 314 g/mol. The molecule has 0 aliphatic carbocycles. The molecule has 0 atom stereocenters. The van der Waals surface area contributed by atoms with Gasteiger partial charge in [0.2, 0.25) is 0 Å². The number of halogens is 1. The number of rotatable bonds is 4. The molecule has 0 bridgehead atoms. The zero-order chi connectivity index (χ0) is 14.3. The third kappa shape index (κ3) is 5.13. The topological polar surface area (TPSA) is 64.6 Å². The highest BCUT2D eigenvalue weighted by atomic mass is 79.9. The van der Waals surface area contributed by atoms with Crippen molar-refractivity contribution in [2.24, 2.45) is 0 Å². The number of methoxy groups -OCH3 is 1. The summed E-state index contributed by atoms with van der Waals surface area (Å²) in [7, 11) is 1.23. The first-order valence-corrected chi connectivity index (χ1v) is 6.26. The Morgan fingerprint density at radius 2 is 1.89 bits per heavy atom. The maximum atomic E-state index is 11.6. The average Bonchev–Trinajstić information content (AvgIpc) is 2.42. The molecule has 0 unspecified atom stereocenters. The number of hydrogen-bond donors (Lipinski definition) is 1. The molecule has 0 aliphatic rings. The summed E-state index contributed by atoms with van der Waals surface area (Å²) in [5.74, 6) is -0.647. The summed E-state index contributed by atoms with van der Waals surface area (Å²) in [4.78, 5) is 22.9. The first-order valence-electron chi connectivity index (χ1n) is 5.47. The molecule has 0 saturated heterocycles. The van der Waals surface area contributed by atoms with Crippen molar-refractivity contribution < 1.29 is 19.1 Å². The van der Waals surface area contributed by atoms with Crippen LogP contribution in [0.5, 0.6) is 0 Å². The summed E-state index contributed by atoms with van der Waals surface area (Å²) in [6.07, 6.45) is -0.719. The molecule has 1 aromatic carbocycles.